The van der Waals surface area contributed by atoms with Gasteiger partial charge in [0, 0.05) is 39.3 Å². The highest BCUT2D eigenvalue weighted by molar-refractivity contribution is 7.10. The zero-order valence-electron chi connectivity index (χ0n) is 13.2. The van der Waals surface area contributed by atoms with Gasteiger partial charge in [0.15, 0.2) is 0 Å². The van der Waals surface area contributed by atoms with Crippen LogP contribution in [0.4, 0.5) is 5.00 Å². The van der Waals surface area contributed by atoms with Crippen molar-refractivity contribution in [1.29, 1.82) is 0 Å². The molecule has 3 rings (SSSR count). The molecule has 0 spiro atoms. The van der Waals surface area contributed by atoms with E-state index in [2.05, 4.69) is 14.6 Å². The van der Waals surface area contributed by atoms with Crippen molar-refractivity contribution in [2.24, 2.45) is 0 Å². The summed E-state index contributed by atoms with van der Waals surface area (Å²) < 4.78 is 4.28. The lowest BCUT2D eigenvalue weighted by Gasteiger charge is -2.39. The number of aryl methyl sites for hydroxylation is 1. The first kappa shape index (κ1) is 15.7. The first-order valence-electron chi connectivity index (χ1n) is 7.97. The van der Waals surface area contributed by atoms with Gasteiger partial charge >= 0.3 is 0 Å². The number of amides is 1. The Morgan fingerprint density at radius 1 is 1.32 bits per heavy atom. The minimum atomic E-state index is -0.193. The van der Waals surface area contributed by atoms with Gasteiger partial charge in [-0.15, -0.1) is 0 Å². The highest BCUT2D eigenvalue weighted by Gasteiger charge is 2.34. The first-order chi connectivity index (χ1) is 10.6. The van der Waals surface area contributed by atoms with E-state index in [0.29, 0.717) is 5.56 Å². The van der Waals surface area contributed by atoms with Gasteiger partial charge in [-0.05, 0) is 37.7 Å². The maximum Gasteiger partial charge on any atom is 0.258 e. The molecule has 122 valence electrons. The van der Waals surface area contributed by atoms with Crippen LogP contribution in [0.25, 0.3) is 0 Å². The topological polar surface area (TPSA) is 68.7 Å². The second-order valence-electron chi connectivity index (χ2n) is 6.12. The molecule has 1 aromatic heterocycles. The molecule has 1 aromatic rings. The Morgan fingerprint density at radius 3 is 2.64 bits per heavy atom. The summed E-state index contributed by atoms with van der Waals surface area (Å²) in [7, 11) is 1.82. The normalized spacial score (nSPS) is 26.4. The number of aromatic nitrogens is 1. The number of carbonyl (C=O) groups excluding carboxylic acids is 1. The van der Waals surface area contributed by atoms with Crippen LogP contribution >= 0.6 is 11.5 Å². The predicted octanol–water partition coefficient (Wildman–Crippen LogP) is 1.16. The van der Waals surface area contributed by atoms with Crippen LogP contribution in [0.5, 0.6) is 0 Å². The highest BCUT2D eigenvalue weighted by atomic mass is 32.1. The smallest absolute Gasteiger partial charge is 0.258 e. The minimum absolute atomic E-state index is 0.0715. The lowest BCUT2D eigenvalue weighted by Crippen LogP contribution is -2.53. The van der Waals surface area contributed by atoms with Crippen molar-refractivity contribution in [3.05, 3.63) is 11.3 Å². The van der Waals surface area contributed by atoms with Crippen molar-refractivity contribution in [3.63, 3.8) is 0 Å². The Morgan fingerprint density at radius 2 is 2.05 bits per heavy atom. The van der Waals surface area contributed by atoms with Gasteiger partial charge in [0.25, 0.3) is 5.91 Å². The molecule has 7 heteroatoms. The molecule has 2 fully saturated rings. The maximum absolute atomic E-state index is 12.7. The summed E-state index contributed by atoms with van der Waals surface area (Å²) >= 11 is 1.34. The van der Waals surface area contributed by atoms with E-state index in [1.807, 2.05) is 18.9 Å². The van der Waals surface area contributed by atoms with Crippen molar-refractivity contribution in [2.75, 3.05) is 38.5 Å². The molecule has 2 heterocycles. The summed E-state index contributed by atoms with van der Waals surface area (Å²) in [5.74, 6) is 0.0715. The molecule has 1 aliphatic heterocycles. The monoisotopic (exact) mass is 324 g/mol. The molecule has 0 aromatic carbocycles. The van der Waals surface area contributed by atoms with E-state index in [-0.39, 0.29) is 18.1 Å². The fraction of sp³-hybridized carbons (Fsp3) is 0.733. The van der Waals surface area contributed by atoms with Gasteiger partial charge in [0.05, 0.1) is 17.4 Å². The summed E-state index contributed by atoms with van der Waals surface area (Å²) in [6, 6.07) is 0.287. The number of carbonyl (C=O) groups is 1. The molecular weight excluding hydrogens is 300 g/mol. The molecule has 1 aliphatic carbocycles. The molecular formula is C15H24N4O2S. The number of anilines is 1. The predicted molar refractivity (Wildman–Crippen MR) is 87.5 cm³/mol. The van der Waals surface area contributed by atoms with E-state index < -0.39 is 0 Å². The van der Waals surface area contributed by atoms with Crippen molar-refractivity contribution in [1.82, 2.24) is 14.2 Å². The lowest BCUT2D eigenvalue weighted by molar-refractivity contribution is 0.0316. The van der Waals surface area contributed by atoms with Crippen LogP contribution < -0.4 is 5.32 Å². The lowest BCUT2D eigenvalue weighted by atomic mass is 10.1. The fourth-order valence-electron chi connectivity index (χ4n) is 3.55. The molecule has 1 amide bonds. The number of piperazine rings is 1. The third kappa shape index (κ3) is 2.85. The van der Waals surface area contributed by atoms with Crippen LogP contribution in [0.2, 0.25) is 0 Å². The number of aliphatic hydroxyl groups is 1. The maximum atomic E-state index is 12.7. The third-order valence-corrected chi connectivity index (χ3v) is 5.77. The molecule has 0 radical (unpaired) electrons. The van der Waals surface area contributed by atoms with E-state index >= 15 is 0 Å². The Bertz CT molecular complexity index is 540. The Balaban J connectivity index is 1.63. The largest absolute Gasteiger partial charge is 0.391 e. The summed E-state index contributed by atoms with van der Waals surface area (Å²) in [4.78, 5) is 17.0. The molecule has 2 atom stereocenters. The van der Waals surface area contributed by atoms with E-state index in [4.69, 9.17) is 0 Å². The van der Waals surface area contributed by atoms with E-state index in [0.717, 1.165) is 56.1 Å². The van der Waals surface area contributed by atoms with Gasteiger partial charge in [-0.2, -0.15) is 4.37 Å². The number of nitrogens with zero attached hydrogens (tertiary/aromatic N) is 3. The van der Waals surface area contributed by atoms with E-state index in [1.165, 1.54) is 11.5 Å². The summed E-state index contributed by atoms with van der Waals surface area (Å²) in [5.41, 5.74) is 1.51. The summed E-state index contributed by atoms with van der Waals surface area (Å²) in [5, 5.41) is 13.9. The highest BCUT2D eigenvalue weighted by Crippen LogP contribution is 2.28. The third-order valence-electron chi connectivity index (χ3n) is 4.82. The second-order valence-corrected chi connectivity index (χ2v) is 6.89. The van der Waals surface area contributed by atoms with Crippen molar-refractivity contribution in [3.8, 4) is 0 Å². The zero-order valence-corrected chi connectivity index (χ0v) is 14.0. The SMILES string of the molecule is CNc1snc(C)c1C(=O)N1CCN([C@H]2CCC[C@@H]2O)CC1. The minimum Gasteiger partial charge on any atom is -0.391 e. The van der Waals surface area contributed by atoms with Gasteiger partial charge in [0.1, 0.15) is 5.00 Å². The number of aliphatic hydroxyl groups excluding tert-OH is 1. The van der Waals surface area contributed by atoms with Gasteiger partial charge in [-0.25, -0.2) is 0 Å². The number of rotatable bonds is 3. The second kappa shape index (κ2) is 6.52. The number of hydrogen-bond acceptors (Lipinski definition) is 6. The zero-order chi connectivity index (χ0) is 15.7. The van der Waals surface area contributed by atoms with Crippen LogP contribution in [0.1, 0.15) is 35.3 Å². The molecule has 2 N–H and O–H groups in total. The van der Waals surface area contributed by atoms with Crippen LogP contribution in [-0.4, -0.2) is 70.6 Å². The molecule has 2 aliphatic rings. The van der Waals surface area contributed by atoms with Gasteiger partial charge in [0.2, 0.25) is 0 Å². The van der Waals surface area contributed by atoms with Crippen molar-refractivity contribution < 1.29 is 9.90 Å². The van der Waals surface area contributed by atoms with Crippen LogP contribution in [-0.2, 0) is 0 Å². The van der Waals surface area contributed by atoms with E-state index in [1.54, 1.807) is 0 Å². The summed E-state index contributed by atoms with van der Waals surface area (Å²) in [6.07, 6.45) is 2.90. The van der Waals surface area contributed by atoms with Gasteiger partial charge in [-0.1, -0.05) is 0 Å². The number of hydrogen-bond donors (Lipinski definition) is 2. The fourth-order valence-corrected chi connectivity index (χ4v) is 4.29. The molecule has 1 saturated heterocycles. The number of nitrogens with one attached hydrogen (secondary N) is 1. The Hall–Kier alpha value is -1.18. The van der Waals surface area contributed by atoms with Crippen LogP contribution in [0.3, 0.4) is 0 Å². The Kier molecular flexibility index (Phi) is 4.65. The molecule has 6 nitrogen and oxygen atoms in total. The van der Waals surface area contributed by atoms with Gasteiger partial charge in [-0.3, -0.25) is 9.69 Å². The van der Waals surface area contributed by atoms with Gasteiger partial charge < -0.3 is 15.3 Å². The van der Waals surface area contributed by atoms with Crippen molar-refractivity contribution in [2.45, 2.75) is 38.3 Å². The summed E-state index contributed by atoms with van der Waals surface area (Å²) in [6.45, 7) is 5.02. The van der Waals surface area contributed by atoms with Crippen molar-refractivity contribution >= 4 is 22.4 Å². The Labute approximate surface area is 135 Å². The van der Waals surface area contributed by atoms with E-state index in [9.17, 15) is 9.90 Å². The molecule has 0 unspecified atom stereocenters. The standard InChI is InChI=1S/C15H24N4O2S/c1-10-13(14(16-2)22-17-10)15(21)19-8-6-18(7-9-19)11-4-3-5-12(11)20/h11-12,16,20H,3-9H2,1-2H3/t11-,12-/m0/s1. The quantitative estimate of drug-likeness (QED) is 0.873. The molecule has 22 heavy (non-hydrogen) atoms. The molecule has 1 saturated carbocycles. The average molecular weight is 324 g/mol. The average Bonchev–Trinajstić information content (AvgIpc) is 3.12. The molecule has 0 bridgehead atoms. The first-order valence-corrected chi connectivity index (χ1v) is 8.74. The van der Waals surface area contributed by atoms with Crippen LogP contribution in [0.15, 0.2) is 0 Å². The van der Waals surface area contributed by atoms with Crippen LogP contribution in [0, 0.1) is 6.92 Å².